The van der Waals surface area contributed by atoms with E-state index in [-0.39, 0.29) is 24.1 Å². The number of nitrogens with zero attached hydrogens (tertiary/aromatic N) is 1. The number of nitrogens with one attached hydrogen (secondary N) is 1. The summed E-state index contributed by atoms with van der Waals surface area (Å²) in [4.78, 5) is 18.6. The molecule has 176 valence electrons. The summed E-state index contributed by atoms with van der Waals surface area (Å²) in [5.41, 5.74) is 4.95. The van der Waals surface area contributed by atoms with Crippen molar-refractivity contribution in [2.75, 3.05) is 5.32 Å². The van der Waals surface area contributed by atoms with Crippen LogP contribution in [0.1, 0.15) is 23.6 Å². The summed E-state index contributed by atoms with van der Waals surface area (Å²) in [5.74, 6) is -0.0224. The van der Waals surface area contributed by atoms with Crippen LogP contribution in [0.3, 0.4) is 0 Å². The van der Waals surface area contributed by atoms with Crippen molar-refractivity contribution < 1.29 is 9.90 Å². The summed E-state index contributed by atoms with van der Waals surface area (Å²) < 4.78 is 0. The number of phenols is 1. The Bertz CT molecular complexity index is 1400. The first-order valence-corrected chi connectivity index (χ1v) is 11.4. The molecule has 6 heteroatoms. The minimum Gasteiger partial charge on any atom is -0.508 e. The second-order valence-corrected chi connectivity index (χ2v) is 9.06. The molecule has 5 rings (SSSR count). The maximum absolute atomic E-state index is 13.6. The lowest BCUT2D eigenvalue weighted by Gasteiger charge is -2.25. The van der Waals surface area contributed by atoms with Crippen molar-refractivity contribution in [3.8, 4) is 16.9 Å². The third-order valence-electron chi connectivity index (χ3n) is 6.11. The number of hydrogen-bond acceptors (Lipinski definition) is 3. The Labute approximate surface area is 215 Å². The number of aromatic hydroxyl groups is 1. The Morgan fingerprint density at radius 1 is 0.857 bits per heavy atom. The average molecular weight is 503 g/mol. The van der Waals surface area contributed by atoms with Gasteiger partial charge in [-0.15, -0.1) is 12.4 Å². The molecule has 0 saturated heterocycles. The third kappa shape index (κ3) is 4.95. The fourth-order valence-electron chi connectivity index (χ4n) is 4.34. The van der Waals surface area contributed by atoms with Crippen LogP contribution in [0.25, 0.3) is 11.1 Å². The lowest BCUT2D eigenvalue weighted by molar-refractivity contribution is -0.120. The molecule has 0 spiro atoms. The molecule has 35 heavy (non-hydrogen) atoms. The Balaban J connectivity index is 0.00000289. The van der Waals surface area contributed by atoms with Crippen LogP contribution < -0.4 is 5.32 Å². The maximum Gasteiger partial charge on any atom is 0.252 e. The fraction of sp³-hybridized carbons (Fsp3) is 0.103. The van der Waals surface area contributed by atoms with E-state index in [9.17, 15) is 9.90 Å². The van der Waals surface area contributed by atoms with E-state index in [1.165, 1.54) is 0 Å². The lowest BCUT2D eigenvalue weighted by Crippen LogP contribution is -2.40. The molecule has 0 fully saturated rings. The number of aliphatic imine (C=N–C) groups is 1. The number of hydrogen-bond donors (Lipinski definition) is 2. The lowest BCUT2D eigenvalue weighted by atomic mass is 9.87. The monoisotopic (exact) mass is 502 g/mol. The highest BCUT2D eigenvalue weighted by atomic mass is 35.5. The van der Waals surface area contributed by atoms with Gasteiger partial charge in [0, 0.05) is 22.6 Å². The number of carbonyl (C=O) groups is 1. The van der Waals surface area contributed by atoms with E-state index in [0.717, 1.165) is 27.8 Å². The van der Waals surface area contributed by atoms with Crippen LogP contribution in [0.15, 0.2) is 102 Å². The molecule has 0 aliphatic carbocycles. The number of benzene rings is 4. The van der Waals surface area contributed by atoms with E-state index in [2.05, 4.69) is 23.5 Å². The van der Waals surface area contributed by atoms with Gasteiger partial charge in [-0.2, -0.15) is 0 Å². The molecule has 1 atom stereocenters. The largest absolute Gasteiger partial charge is 0.508 e. The van der Waals surface area contributed by atoms with Gasteiger partial charge in [0.15, 0.2) is 0 Å². The SMILES string of the molecule is CC1(Cc2ccccc2-c2ccccc2)N=C(c2ccc(O)cc2)c2cc(Cl)ccc2NC1=O.Cl. The predicted octanol–water partition coefficient (Wildman–Crippen LogP) is 6.93. The Morgan fingerprint density at radius 3 is 2.29 bits per heavy atom. The van der Waals surface area contributed by atoms with Crippen molar-refractivity contribution in [3.63, 3.8) is 0 Å². The molecule has 4 aromatic carbocycles. The second kappa shape index (κ2) is 9.95. The first-order valence-electron chi connectivity index (χ1n) is 11.1. The molecule has 1 aliphatic rings. The van der Waals surface area contributed by atoms with Crippen molar-refractivity contribution >= 4 is 41.3 Å². The van der Waals surface area contributed by atoms with Crippen LogP contribution in [-0.4, -0.2) is 22.3 Å². The molecular weight excluding hydrogens is 479 g/mol. The molecule has 1 unspecified atom stereocenters. The minimum atomic E-state index is -1.08. The number of amides is 1. The Kier molecular flexibility index (Phi) is 6.97. The van der Waals surface area contributed by atoms with Gasteiger partial charge in [-0.05, 0) is 66.1 Å². The van der Waals surface area contributed by atoms with Crippen molar-refractivity contribution in [1.82, 2.24) is 0 Å². The van der Waals surface area contributed by atoms with E-state index < -0.39 is 5.54 Å². The number of rotatable bonds is 4. The van der Waals surface area contributed by atoms with Crippen LogP contribution in [0.2, 0.25) is 5.02 Å². The van der Waals surface area contributed by atoms with Gasteiger partial charge in [-0.1, -0.05) is 66.2 Å². The maximum atomic E-state index is 13.6. The van der Waals surface area contributed by atoms with E-state index in [1.807, 2.05) is 49.4 Å². The zero-order valence-electron chi connectivity index (χ0n) is 19.0. The predicted molar refractivity (Wildman–Crippen MR) is 145 cm³/mol. The second-order valence-electron chi connectivity index (χ2n) is 8.63. The van der Waals surface area contributed by atoms with Gasteiger partial charge >= 0.3 is 0 Å². The van der Waals surface area contributed by atoms with E-state index in [0.29, 0.717) is 22.8 Å². The highest BCUT2D eigenvalue weighted by Crippen LogP contribution is 2.34. The van der Waals surface area contributed by atoms with Crippen LogP contribution in [-0.2, 0) is 11.2 Å². The summed E-state index contributed by atoms with van der Waals surface area (Å²) in [6, 6.07) is 30.4. The Hall–Kier alpha value is -3.60. The average Bonchev–Trinajstić information content (AvgIpc) is 2.95. The third-order valence-corrected chi connectivity index (χ3v) is 6.35. The van der Waals surface area contributed by atoms with Gasteiger partial charge in [0.25, 0.3) is 5.91 Å². The smallest absolute Gasteiger partial charge is 0.252 e. The van der Waals surface area contributed by atoms with Gasteiger partial charge in [0.2, 0.25) is 0 Å². The fourth-order valence-corrected chi connectivity index (χ4v) is 4.51. The zero-order valence-corrected chi connectivity index (χ0v) is 20.6. The molecule has 4 nitrogen and oxygen atoms in total. The normalized spacial score (nSPS) is 16.9. The van der Waals surface area contributed by atoms with Crippen molar-refractivity contribution in [2.45, 2.75) is 18.9 Å². The first-order chi connectivity index (χ1) is 16.4. The van der Waals surface area contributed by atoms with E-state index in [4.69, 9.17) is 16.6 Å². The summed E-state index contributed by atoms with van der Waals surface area (Å²) >= 11 is 6.33. The molecule has 0 saturated carbocycles. The van der Waals surface area contributed by atoms with Crippen molar-refractivity contribution in [1.29, 1.82) is 0 Å². The molecule has 1 heterocycles. The van der Waals surface area contributed by atoms with Gasteiger partial charge in [-0.25, -0.2) is 0 Å². The number of benzodiazepines with no additional fused rings is 1. The number of fused-ring (bicyclic) bond motifs is 1. The topological polar surface area (TPSA) is 61.7 Å². The highest BCUT2D eigenvalue weighted by molar-refractivity contribution is 6.32. The molecule has 0 aromatic heterocycles. The summed E-state index contributed by atoms with van der Waals surface area (Å²) in [5, 5.41) is 13.4. The van der Waals surface area contributed by atoms with Gasteiger partial charge in [0.1, 0.15) is 11.3 Å². The molecule has 4 aromatic rings. The number of anilines is 1. The van der Waals surface area contributed by atoms with Gasteiger partial charge in [-0.3, -0.25) is 9.79 Å². The van der Waals surface area contributed by atoms with Crippen LogP contribution in [0, 0.1) is 0 Å². The van der Waals surface area contributed by atoms with E-state index >= 15 is 0 Å². The quantitative estimate of drug-likeness (QED) is 0.317. The van der Waals surface area contributed by atoms with Crippen molar-refractivity contribution in [3.05, 3.63) is 119 Å². The molecule has 0 bridgehead atoms. The molecule has 2 N–H and O–H groups in total. The molecule has 1 amide bonds. The molecular formula is C29H24Cl2N2O2. The summed E-state index contributed by atoms with van der Waals surface area (Å²) in [6.07, 6.45) is 0.410. The molecule has 0 radical (unpaired) electrons. The van der Waals surface area contributed by atoms with Crippen LogP contribution in [0.5, 0.6) is 5.75 Å². The first kappa shape index (κ1) is 24.5. The van der Waals surface area contributed by atoms with Crippen molar-refractivity contribution in [2.24, 2.45) is 4.99 Å². The van der Waals surface area contributed by atoms with E-state index in [1.54, 1.807) is 36.4 Å². The molecule has 1 aliphatic heterocycles. The van der Waals surface area contributed by atoms with Crippen LogP contribution >= 0.6 is 24.0 Å². The van der Waals surface area contributed by atoms with Gasteiger partial charge < -0.3 is 10.4 Å². The summed E-state index contributed by atoms with van der Waals surface area (Å²) in [7, 11) is 0. The Morgan fingerprint density at radius 2 is 1.54 bits per heavy atom. The highest BCUT2D eigenvalue weighted by Gasteiger charge is 2.37. The summed E-state index contributed by atoms with van der Waals surface area (Å²) in [6.45, 7) is 1.86. The standard InChI is InChI=1S/C29H23ClN2O2.ClH/c1-29(18-21-9-5-6-10-24(21)19-7-3-2-4-8-19)28(34)31-26-16-13-22(30)17-25(26)27(32-29)20-11-14-23(33)15-12-20;/h2-17,33H,18H2,1H3,(H,31,34);1H. The van der Waals surface area contributed by atoms with Crippen LogP contribution in [0.4, 0.5) is 5.69 Å². The number of halogens is 2. The van der Waals surface area contributed by atoms with Gasteiger partial charge in [0.05, 0.1) is 11.4 Å². The zero-order chi connectivity index (χ0) is 23.7. The number of phenolic OH excluding ortho intramolecular Hbond substituents is 1. The number of carbonyl (C=O) groups excluding carboxylic acids is 1. The minimum absolute atomic E-state index is 0.